The Bertz CT molecular complexity index is 1010. The van der Waals surface area contributed by atoms with Crippen LogP contribution < -0.4 is 9.62 Å². The van der Waals surface area contributed by atoms with E-state index in [2.05, 4.69) is 35.3 Å². The van der Waals surface area contributed by atoms with Gasteiger partial charge in [0.25, 0.3) is 10.0 Å². The van der Waals surface area contributed by atoms with Gasteiger partial charge in [-0.15, -0.1) is 0 Å². The first kappa shape index (κ1) is 23.1. The minimum Gasteiger partial charge on any atom is -0.478 e. The number of nitrogens with one attached hydrogen (secondary N) is 1. The highest BCUT2D eigenvalue weighted by Gasteiger charge is 2.23. The number of likely N-dealkylation sites (N-methyl/N-ethyl adjacent to an activating group) is 1. The summed E-state index contributed by atoms with van der Waals surface area (Å²) in [6, 6.07) is 11.5. The molecule has 7 nitrogen and oxygen atoms in total. The number of aromatic carboxylic acids is 1. The molecule has 2 N–H and O–H groups in total. The van der Waals surface area contributed by atoms with Gasteiger partial charge in [-0.05, 0) is 54.8 Å². The van der Waals surface area contributed by atoms with Crippen molar-refractivity contribution in [2.24, 2.45) is 5.92 Å². The zero-order chi connectivity index (χ0) is 22.6. The average Bonchev–Trinajstić information content (AvgIpc) is 2.73. The highest BCUT2D eigenvalue weighted by atomic mass is 32.2. The predicted octanol–water partition coefficient (Wildman–Crippen LogP) is 3.53. The molecule has 0 spiro atoms. The Hall–Kier alpha value is -2.58. The van der Waals surface area contributed by atoms with Crippen LogP contribution in [0.5, 0.6) is 0 Å². The summed E-state index contributed by atoms with van der Waals surface area (Å²) in [5, 5.41) is 9.40. The third kappa shape index (κ3) is 5.77. The molecule has 1 heterocycles. The van der Waals surface area contributed by atoms with Crippen molar-refractivity contribution in [1.82, 2.24) is 4.90 Å². The van der Waals surface area contributed by atoms with Crippen LogP contribution in [0.4, 0.5) is 11.4 Å². The maximum atomic E-state index is 13.1. The van der Waals surface area contributed by atoms with Crippen molar-refractivity contribution in [2.75, 3.05) is 42.3 Å². The number of benzene rings is 2. The van der Waals surface area contributed by atoms with Crippen LogP contribution in [0, 0.1) is 5.92 Å². The lowest BCUT2D eigenvalue weighted by Crippen LogP contribution is -2.46. The number of carboxylic acid groups (broad SMARTS) is 1. The van der Waals surface area contributed by atoms with Crippen LogP contribution in [-0.4, -0.2) is 57.1 Å². The van der Waals surface area contributed by atoms with Crippen molar-refractivity contribution in [3.8, 4) is 0 Å². The summed E-state index contributed by atoms with van der Waals surface area (Å²) in [4.78, 5) is 16.1. The van der Waals surface area contributed by atoms with Crippen molar-refractivity contribution in [2.45, 2.75) is 32.1 Å². The van der Waals surface area contributed by atoms with E-state index in [4.69, 9.17) is 0 Å². The Morgan fingerprint density at radius 2 is 1.71 bits per heavy atom. The molecule has 1 aliphatic heterocycles. The lowest BCUT2D eigenvalue weighted by Gasteiger charge is -2.36. The summed E-state index contributed by atoms with van der Waals surface area (Å²) in [5.74, 6) is -0.615. The number of piperazine rings is 1. The predicted molar refractivity (Wildman–Crippen MR) is 124 cm³/mol. The first-order valence-electron chi connectivity index (χ1n) is 10.7. The first-order chi connectivity index (χ1) is 14.7. The van der Waals surface area contributed by atoms with E-state index in [-0.39, 0.29) is 16.1 Å². The van der Waals surface area contributed by atoms with E-state index >= 15 is 0 Å². The number of carboxylic acids is 1. The quantitative estimate of drug-likeness (QED) is 0.646. The molecule has 0 aromatic heterocycles. The van der Waals surface area contributed by atoms with Crippen molar-refractivity contribution in [3.63, 3.8) is 0 Å². The highest BCUT2D eigenvalue weighted by Crippen LogP contribution is 2.30. The molecule has 1 saturated heterocycles. The van der Waals surface area contributed by atoms with Crippen LogP contribution in [-0.2, 0) is 16.4 Å². The van der Waals surface area contributed by atoms with Gasteiger partial charge in [-0.3, -0.25) is 4.72 Å². The maximum absolute atomic E-state index is 13.1. The Morgan fingerprint density at radius 3 is 2.26 bits per heavy atom. The zero-order valence-electron chi connectivity index (χ0n) is 18.3. The molecule has 2 aromatic carbocycles. The molecule has 0 unspecified atom stereocenters. The van der Waals surface area contributed by atoms with Crippen molar-refractivity contribution >= 4 is 27.4 Å². The molecular weight excluding hydrogens is 414 g/mol. The molecule has 168 valence electrons. The van der Waals surface area contributed by atoms with Gasteiger partial charge in [0, 0.05) is 26.2 Å². The van der Waals surface area contributed by atoms with Crippen LogP contribution in [0.3, 0.4) is 0 Å². The van der Waals surface area contributed by atoms with Crippen molar-refractivity contribution in [1.29, 1.82) is 0 Å². The molecule has 3 rings (SSSR count). The third-order valence-electron chi connectivity index (χ3n) is 5.53. The van der Waals surface area contributed by atoms with Gasteiger partial charge in [-0.2, -0.15) is 0 Å². The SMILES string of the molecule is CCN1CCN(c2ccc(C(=O)O)cc2NS(=O)(=O)c2ccc(CC(C)C)cc2)CC1. The van der Waals surface area contributed by atoms with Crippen LogP contribution in [0.25, 0.3) is 0 Å². The molecule has 31 heavy (non-hydrogen) atoms. The van der Waals surface area contributed by atoms with Gasteiger partial charge >= 0.3 is 5.97 Å². The molecular formula is C23H31N3O4S. The van der Waals surface area contributed by atoms with E-state index in [1.807, 2.05) is 12.1 Å². The molecule has 0 bridgehead atoms. The molecule has 2 aromatic rings. The lowest BCUT2D eigenvalue weighted by atomic mass is 10.0. The molecule has 0 saturated carbocycles. The van der Waals surface area contributed by atoms with E-state index in [9.17, 15) is 18.3 Å². The minimum absolute atomic E-state index is 0.0425. The van der Waals surface area contributed by atoms with Crippen LogP contribution in [0.2, 0.25) is 0 Å². The maximum Gasteiger partial charge on any atom is 0.335 e. The number of carbonyl (C=O) groups is 1. The Balaban J connectivity index is 1.89. The van der Waals surface area contributed by atoms with Gasteiger partial charge in [-0.25, -0.2) is 13.2 Å². The summed E-state index contributed by atoms with van der Waals surface area (Å²) >= 11 is 0. The lowest BCUT2D eigenvalue weighted by molar-refractivity contribution is 0.0697. The van der Waals surface area contributed by atoms with E-state index < -0.39 is 16.0 Å². The van der Waals surface area contributed by atoms with E-state index in [0.717, 1.165) is 44.7 Å². The molecule has 8 heteroatoms. The number of rotatable bonds is 8. The number of hydrogen-bond acceptors (Lipinski definition) is 5. The van der Waals surface area contributed by atoms with Crippen molar-refractivity contribution < 1.29 is 18.3 Å². The summed E-state index contributed by atoms with van der Waals surface area (Å²) in [7, 11) is -3.86. The topological polar surface area (TPSA) is 89.9 Å². The fourth-order valence-corrected chi connectivity index (χ4v) is 4.88. The molecule has 0 aliphatic carbocycles. The molecule has 1 aliphatic rings. The zero-order valence-corrected chi connectivity index (χ0v) is 19.2. The molecule has 1 fully saturated rings. The molecule has 0 atom stereocenters. The largest absolute Gasteiger partial charge is 0.478 e. The second kappa shape index (κ2) is 9.70. The van der Waals surface area contributed by atoms with Crippen molar-refractivity contribution in [3.05, 3.63) is 53.6 Å². The van der Waals surface area contributed by atoms with Gasteiger partial charge in [0.05, 0.1) is 21.8 Å². The Kier molecular flexibility index (Phi) is 7.23. The van der Waals surface area contributed by atoms with Gasteiger partial charge in [0.2, 0.25) is 0 Å². The smallest absolute Gasteiger partial charge is 0.335 e. The van der Waals surface area contributed by atoms with Crippen LogP contribution in [0.15, 0.2) is 47.4 Å². The summed E-state index contributed by atoms with van der Waals surface area (Å²) in [5.41, 5.74) is 2.11. The number of anilines is 2. The van der Waals surface area contributed by atoms with E-state index in [1.54, 1.807) is 18.2 Å². The Morgan fingerprint density at radius 1 is 1.06 bits per heavy atom. The fourth-order valence-electron chi connectivity index (χ4n) is 3.81. The van der Waals surface area contributed by atoms with Gasteiger partial charge in [0.1, 0.15) is 0 Å². The standard InChI is InChI=1S/C23H31N3O4S/c1-4-25-11-13-26(14-12-25)22-10-7-19(23(27)28)16-21(22)24-31(29,30)20-8-5-18(6-9-20)15-17(2)3/h5-10,16-17,24H,4,11-15H2,1-3H3,(H,27,28). The number of hydrogen-bond donors (Lipinski definition) is 2. The monoisotopic (exact) mass is 445 g/mol. The first-order valence-corrected chi connectivity index (χ1v) is 12.1. The number of nitrogens with zero attached hydrogens (tertiary/aromatic N) is 2. The summed E-state index contributed by atoms with van der Waals surface area (Å²) < 4.78 is 28.8. The molecule has 0 radical (unpaired) electrons. The normalized spacial score (nSPS) is 15.3. The average molecular weight is 446 g/mol. The summed E-state index contributed by atoms with van der Waals surface area (Å²) in [6.07, 6.45) is 0.877. The second-order valence-electron chi connectivity index (χ2n) is 8.31. The third-order valence-corrected chi connectivity index (χ3v) is 6.91. The Labute approximate surface area is 184 Å². The highest BCUT2D eigenvalue weighted by molar-refractivity contribution is 7.92. The van der Waals surface area contributed by atoms with E-state index in [0.29, 0.717) is 11.6 Å². The fraction of sp³-hybridized carbons (Fsp3) is 0.435. The van der Waals surface area contributed by atoms with E-state index in [1.165, 1.54) is 12.1 Å². The molecule has 0 amide bonds. The van der Waals surface area contributed by atoms with Crippen LogP contribution >= 0.6 is 0 Å². The minimum atomic E-state index is -3.86. The van der Waals surface area contributed by atoms with Gasteiger partial charge < -0.3 is 14.9 Å². The second-order valence-corrected chi connectivity index (χ2v) is 9.99. The summed E-state index contributed by atoms with van der Waals surface area (Å²) in [6.45, 7) is 10.6. The van der Waals surface area contributed by atoms with Crippen LogP contribution in [0.1, 0.15) is 36.7 Å². The number of sulfonamides is 1. The van der Waals surface area contributed by atoms with Gasteiger partial charge in [-0.1, -0.05) is 32.9 Å². The van der Waals surface area contributed by atoms with Gasteiger partial charge in [0.15, 0.2) is 0 Å².